The molecule has 4 nitrogen and oxygen atoms in total. The van der Waals surface area contributed by atoms with Gasteiger partial charge in [0.1, 0.15) is 0 Å². The molecule has 138 valence electrons. The van der Waals surface area contributed by atoms with Crippen LogP contribution in [0.25, 0.3) is 11.3 Å². The number of hydrogen-bond acceptors (Lipinski definition) is 4. The highest BCUT2D eigenvalue weighted by atomic mass is 32.2. The van der Waals surface area contributed by atoms with Crippen molar-refractivity contribution >= 4 is 11.8 Å². The van der Waals surface area contributed by atoms with Gasteiger partial charge in [-0.25, -0.2) is 4.98 Å². The minimum atomic E-state index is 0.0558. The van der Waals surface area contributed by atoms with E-state index < -0.39 is 0 Å². The van der Waals surface area contributed by atoms with E-state index in [4.69, 9.17) is 9.72 Å². The van der Waals surface area contributed by atoms with Crippen LogP contribution < -0.4 is 5.56 Å². The SMILES string of the molecule is CCOCCSc1nc2c(c(=O)[nH]1)[C@H](C1CCCC1)Cc1ccccc1-2. The molecular formula is C21H26N2O2S. The summed E-state index contributed by atoms with van der Waals surface area (Å²) in [6.07, 6.45) is 6.01. The van der Waals surface area contributed by atoms with E-state index in [2.05, 4.69) is 23.2 Å². The quantitative estimate of drug-likeness (QED) is 0.465. The third kappa shape index (κ3) is 3.47. The van der Waals surface area contributed by atoms with Gasteiger partial charge < -0.3 is 9.72 Å². The molecule has 4 rings (SSSR count). The monoisotopic (exact) mass is 370 g/mol. The van der Waals surface area contributed by atoms with Crippen LogP contribution in [-0.4, -0.2) is 28.9 Å². The van der Waals surface area contributed by atoms with Gasteiger partial charge in [-0.2, -0.15) is 0 Å². The van der Waals surface area contributed by atoms with Crippen LogP contribution in [-0.2, 0) is 11.2 Å². The van der Waals surface area contributed by atoms with E-state index in [1.165, 1.54) is 31.2 Å². The highest BCUT2D eigenvalue weighted by molar-refractivity contribution is 7.99. The van der Waals surface area contributed by atoms with E-state index in [9.17, 15) is 4.79 Å². The third-order valence-corrected chi connectivity index (χ3v) is 6.49. The van der Waals surface area contributed by atoms with Gasteiger partial charge in [0.15, 0.2) is 5.16 Å². The van der Waals surface area contributed by atoms with Crippen molar-refractivity contribution in [3.8, 4) is 11.3 Å². The van der Waals surface area contributed by atoms with Gasteiger partial charge in [-0.1, -0.05) is 48.9 Å². The van der Waals surface area contributed by atoms with E-state index in [1.54, 1.807) is 11.8 Å². The predicted molar refractivity (Wildman–Crippen MR) is 106 cm³/mol. The topological polar surface area (TPSA) is 55.0 Å². The molecule has 1 saturated carbocycles. The van der Waals surface area contributed by atoms with Crippen LogP contribution in [0.1, 0.15) is 49.7 Å². The molecule has 1 fully saturated rings. The second-order valence-corrected chi connectivity index (χ2v) is 8.27. The van der Waals surface area contributed by atoms with Gasteiger partial charge >= 0.3 is 0 Å². The molecule has 0 bridgehead atoms. The minimum absolute atomic E-state index is 0.0558. The average Bonchev–Trinajstić information content (AvgIpc) is 3.19. The van der Waals surface area contributed by atoms with Gasteiger partial charge in [-0.3, -0.25) is 4.79 Å². The first kappa shape index (κ1) is 17.8. The van der Waals surface area contributed by atoms with Gasteiger partial charge in [0.2, 0.25) is 0 Å². The number of hydrogen-bond donors (Lipinski definition) is 1. The molecule has 2 aromatic rings. The molecule has 0 saturated heterocycles. The van der Waals surface area contributed by atoms with Crippen LogP contribution in [0.4, 0.5) is 0 Å². The lowest BCUT2D eigenvalue weighted by molar-refractivity contribution is 0.164. The minimum Gasteiger partial charge on any atom is -0.381 e. The molecule has 1 aromatic heterocycles. The standard InChI is InChI=1S/C21H26N2O2S/c1-2-25-11-12-26-21-22-19-16-10-6-5-9-15(16)13-17(14-7-3-4-8-14)18(19)20(24)23-21/h5-6,9-10,14,17H,2-4,7-8,11-13H2,1H3,(H,22,23,24)/t17-/m0/s1. The summed E-state index contributed by atoms with van der Waals surface area (Å²) in [5.74, 6) is 1.71. The van der Waals surface area contributed by atoms with Crippen molar-refractivity contribution in [1.29, 1.82) is 0 Å². The molecule has 26 heavy (non-hydrogen) atoms. The molecule has 2 aliphatic rings. The Morgan fingerprint density at radius 3 is 2.88 bits per heavy atom. The molecule has 0 aliphatic heterocycles. The van der Waals surface area contributed by atoms with E-state index in [0.717, 1.165) is 29.0 Å². The molecule has 2 aliphatic carbocycles. The lowest BCUT2D eigenvalue weighted by Crippen LogP contribution is -2.28. The normalized spacial score (nSPS) is 19.3. The van der Waals surface area contributed by atoms with Crippen LogP contribution in [0.15, 0.2) is 34.2 Å². The van der Waals surface area contributed by atoms with Crippen molar-refractivity contribution in [1.82, 2.24) is 9.97 Å². The van der Waals surface area contributed by atoms with Crippen molar-refractivity contribution in [3.63, 3.8) is 0 Å². The zero-order valence-electron chi connectivity index (χ0n) is 15.3. The molecule has 0 spiro atoms. The molecular weight excluding hydrogens is 344 g/mol. The molecule has 1 heterocycles. The Morgan fingerprint density at radius 2 is 2.08 bits per heavy atom. The Kier molecular flexibility index (Phi) is 5.46. The number of benzene rings is 1. The molecule has 0 amide bonds. The summed E-state index contributed by atoms with van der Waals surface area (Å²) >= 11 is 1.56. The number of ether oxygens (including phenoxy) is 1. The average molecular weight is 371 g/mol. The molecule has 1 atom stereocenters. The number of aromatic nitrogens is 2. The number of aromatic amines is 1. The first-order valence-corrected chi connectivity index (χ1v) is 10.7. The van der Waals surface area contributed by atoms with Crippen LogP contribution >= 0.6 is 11.8 Å². The van der Waals surface area contributed by atoms with Gasteiger partial charge in [-0.05, 0) is 43.6 Å². The van der Waals surface area contributed by atoms with Gasteiger partial charge in [0, 0.05) is 23.5 Å². The molecule has 5 heteroatoms. The summed E-state index contributed by atoms with van der Waals surface area (Å²) in [6, 6.07) is 8.45. The fraction of sp³-hybridized carbons (Fsp3) is 0.524. The predicted octanol–water partition coefficient (Wildman–Crippen LogP) is 4.40. The summed E-state index contributed by atoms with van der Waals surface area (Å²) in [5, 5.41) is 0.704. The lowest BCUT2D eigenvalue weighted by Gasteiger charge is -2.30. The van der Waals surface area contributed by atoms with Crippen molar-refractivity contribution in [2.24, 2.45) is 5.92 Å². The fourth-order valence-corrected chi connectivity index (χ4v) is 5.17. The fourth-order valence-electron chi connectivity index (χ4n) is 4.45. The zero-order valence-corrected chi connectivity index (χ0v) is 16.1. The van der Waals surface area contributed by atoms with Crippen molar-refractivity contribution in [3.05, 3.63) is 45.7 Å². The maximum Gasteiger partial charge on any atom is 0.255 e. The number of thioether (sulfide) groups is 1. The molecule has 0 unspecified atom stereocenters. The second-order valence-electron chi connectivity index (χ2n) is 7.19. The van der Waals surface area contributed by atoms with Gasteiger partial charge in [0.25, 0.3) is 5.56 Å². The molecule has 1 aromatic carbocycles. The highest BCUT2D eigenvalue weighted by Gasteiger charge is 2.35. The number of rotatable bonds is 6. The van der Waals surface area contributed by atoms with E-state index in [1.807, 2.05) is 13.0 Å². The van der Waals surface area contributed by atoms with Crippen molar-refractivity contribution < 1.29 is 4.74 Å². The van der Waals surface area contributed by atoms with Crippen LogP contribution in [0.5, 0.6) is 0 Å². The molecule has 0 radical (unpaired) electrons. The van der Waals surface area contributed by atoms with Crippen molar-refractivity contribution in [2.75, 3.05) is 19.0 Å². The first-order valence-electron chi connectivity index (χ1n) is 9.71. The molecule has 1 N–H and O–H groups in total. The second kappa shape index (κ2) is 7.97. The summed E-state index contributed by atoms with van der Waals surface area (Å²) in [7, 11) is 0. The Hall–Kier alpha value is -1.59. The Labute approximate surface area is 158 Å². The van der Waals surface area contributed by atoms with Crippen molar-refractivity contribution in [2.45, 2.75) is 50.1 Å². The van der Waals surface area contributed by atoms with Crippen LogP contribution in [0.2, 0.25) is 0 Å². The largest absolute Gasteiger partial charge is 0.381 e. The summed E-state index contributed by atoms with van der Waals surface area (Å²) in [4.78, 5) is 20.9. The number of nitrogens with zero attached hydrogens (tertiary/aromatic N) is 1. The van der Waals surface area contributed by atoms with Crippen LogP contribution in [0.3, 0.4) is 0 Å². The maximum absolute atomic E-state index is 13.0. The van der Waals surface area contributed by atoms with E-state index >= 15 is 0 Å². The summed E-state index contributed by atoms with van der Waals surface area (Å²) in [5.41, 5.74) is 4.35. The number of nitrogens with one attached hydrogen (secondary N) is 1. The highest BCUT2D eigenvalue weighted by Crippen LogP contribution is 2.45. The lowest BCUT2D eigenvalue weighted by atomic mass is 9.74. The Morgan fingerprint density at radius 1 is 1.27 bits per heavy atom. The number of H-pyrrole nitrogens is 1. The van der Waals surface area contributed by atoms with E-state index in [0.29, 0.717) is 30.2 Å². The Bertz CT molecular complexity index is 827. The third-order valence-electron chi connectivity index (χ3n) is 5.66. The Balaban J connectivity index is 1.72. The van der Waals surface area contributed by atoms with Gasteiger partial charge in [0.05, 0.1) is 12.3 Å². The summed E-state index contributed by atoms with van der Waals surface area (Å²) in [6.45, 7) is 3.37. The van der Waals surface area contributed by atoms with Gasteiger partial charge in [-0.15, -0.1) is 0 Å². The smallest absolute Gasteiger partial charge is 0.255 e. The maximum atomic E-state index is 13.0. The van der Waals surface area contributed by atoms with Crippen LogP contribution in [0, 0.1) is 5.92 Å². The number of fused-ring (bicyclic) bond motifs is 3. The first-order chi connectivity index (χ1) is 12.8. The summed E-state index contributed by atoms with van der Waals surface area (Å²) < 4.78 is 5.40. The van der Waals surface area contributed by atoms with E-state index in [-0.39, 0.29) is 5.56 Å². The zero-order chi connectivity index (χ0) is 17.9.